The number of amides is 1. The standard InChI is InChI=1S/C24H32FN3O2/c1-14-18-8-9-24(2,3)13-20(18)28(27-14)17-11-16(22(23(26)30)19(25)12-17)10-15-6-4-5-7-21(15)29/h11-12,15,21,29H,4-10,13H2,1-3H3,(H2,26,30)/t15-,21+/m1/s1. The SMILES string of the molecule is Cc1nn(-c2cc(F)c(C(N)=O)c(C[C@H]3CCCC[C@@H]3O)c2)c2c1CCC(C)(C)C2. The molecule has 3 N–H and O–H groups in total. The van der Waals surface area contributed by atoms with Crippen molar-refractivity contribution >= 4 is 5.91 Å². The summed E-state index contributed by atoms with van der Waals surface area (Å²) in [5.41, 5.74) is 10.2. The number of aromatic nitrogens is 2. The van der Waals surface area contributed by atoms with E-state index in [2.05, 4.69) is 13.8 Å². The van der Waals surface area contributed by atoms with Crippen molar-refractivity contribution in [3.63, 3.8) is 0 Å². The van der Waals surface area contributed by atoms with Crippen molar-refractivity contribution in [2.24, 2.45) is 17.1 Å². The van der Waals surface area contributed by atoms with Gasteiger partial charge in [0.2, 0.25) is 0 Å². The molecule has 6 heteroatoms. The first-order valence-electron chi connectivity index (χ1n) is 11.0. The Morgan fingerprint density at radius 3 is 2.77 bits per heavy atom. The summed E-state index contributed by atoms with van der Waals surface area (Å²) in [6, 6.07) is 3.22. The third-order valence-electron chi connectivity index (χ3n) is 6.99. The van der Waals surface area contributed by atoms with Crippen LogP contribution in [0, 0.1) is 24.1 Å². The molecule has 0 spiro atoms. The Hall–Kier alpha value is -2.21. The van der Waals surface area contributed by atoms with Crippen molar-refractivity contribution in [2.75, 3.05) is 0 Å². The number of rotatable bonds is 4. The highest BCUT2D eigenvalue weighted by Gasteiger charge is 2.31. The fourth-order valence-electron chi connectivity index (χ4n) is 5.25. The lowest BCUT2D eigenvalue weighted by Gasteiger charge is -2.30. The molecule has 0 saturated heterocycles. The van der Waals surface area contributed by atoms with Gasteiger partial charge in [-0.25, -0.2) is 9.07 Å². The van der Waals surface area contributed by atoms with Crippen LogP contribution in [0.3, 0.4) is 0 Å². The molecular weight excluding hydrogens is 381 g/mol. The van der Waals surface area contributed by atoms with Crippen LogP contribution in [0.5, 0.6) is 0 Å². The monoisotopic (exact) mass is 413 g/mol. The van der Waals surface area contributed by atoms with E-state index in [1.165, 1.54) is 11.6 Å². The smallest absolute Gasteiger partial charge is 0.251 e. The second-order valence-electron chi connectivity index (χ2n) is 9.91. The Balaban J connectivity index is 1.79. The van der Waals surface area contributed by atoms with E-state index < -0.39 is 17.8 Å². The molecule has 30 heavy (non-hydrogen) atoms. The first kappa shape index (κ1) is 21.0. The molecule has 1 amide bonds. The number of aliphatic hydroxyl groups excluding tert-OH is 1. The molecule has 1 saturated carbocycles. The first-order valence-corrected chi connectivity index (χ1v) is 11.0. The van der Waals surface area contributed by atoms with Gasteiger partial charge in [-0.2, -0.15) is 5.10 Å². The van der Waals surface area contributed by atoms with Gasteiger partial charge in [0.15, 0.2) is 0 Å². The topological polar surface area (TPSA) is 81.1 Å². The van der Waals surface area contributed by atoms with Crippen molar-refractivity contribution in [3.8, 4) is 5.69 Å². The van der Waals surface area contributed by atoms with Crippen LogP contribution in [0.4, 0.5) is 4.39 Å². The maximum absolute atomic E-state index is 15.1. The van der Waals surface area contributed by atoms with Gasteiger partial charge in [-0.3, -0.25) is 4.79 Å². The van der Waals surface area contributed by atoms with Crippen LogP contribution in [0.15, 0.2) is 12.1 Å². The number of nitrogens with two attached hydrogens (primary N) is 1. The van der Waals surface area contributed by atoms with E-state index in [9.17, 15) is 9.90 Å². The molecule has 2 aromatic rings. The van der Waals surface area contributed by atoms with Gasteiger partial charge < -0.3 is 10.8 Å². The molecule has 2 aliphatic rings. The number of aryl methyl sites for hydroxylation is 1. The number of hydrogen-bond donors (Lipinski definition) is 2. The lowest BCUT2D eigenvalue weighted by atomic mass is 9.76. The number of benzene rings is 1. The fourth-order valence-corrected chi connectivity index (χ4v) is 5.25. The number of primary amides is 1. The lowest BCUT2D eigenvalue weighted by Crippen LogP contribution is -2.28. The highest BCUT2D eigenvalue weighted by atomic mass is 19.1. The molecule has 0 bridgehead atoms. The molecule has 2 atom stereocenters. The van der Waals surface area contributed by atoms with Gasteiger partial charge in [0.1, 0.15) is 5.82 Å². The molecule has 1 aromatic carbocycles. The molecule has 0 aliphatic heterocycles. The van der Waals surface area contributed by atoms with E-state index in [0.29, 0.717) is 17.7 Å². The van der Waals surface area contributed by atoms with E-state index >= 15 is 4.39 Å². The van der Waals surface area contributed by atoms with Crippen LogP contribution in [-0.2, 0) is 19.3 Å². The highest BCUT2D eigenvalue weighted by Crippen LogP contribution is 2.37. The van der Waals surface area contributed by atoms with Gasteiger partial charge in [0.05, 0.1) is 23.0 Å². The average molecular weight is 414 g/mol. The Morgan fingerprint density at radius 1 is 1.33 bits per heavy atom. The third kappa shape index (κ3) is 3.89. The van der Waals surface area contributed by atoms with Crippen LogP contribution in [0.25, 0.3) is 5.69 Å². The minimum atomic E-state index is -0.765. The Labute approximate surface area is 177 Å². The zero-order valence-corrected chi connectivity index (χ0v) is 18.2. The minimum absolute atomic E-state index is 0.0127. The maximum Gasteiger partial charge on any atom is 0.251 e. The van der Waals surface area contributed by atoms with Gasteiger partial charge in [0, 0.05) is 11.8 Å². The molecule has 1 aromatic heterocycles. The van der Waals surface area contributed by atoms with Crippen molar-refractivity contribution in [1.29, 1.82) is 0 Å². The van der Waals surface area contributed by atoms with E-state index in [0.717, 1.165) is 56.3 Å². The summed E-state index contributed by atoms with van der Waals surface area (Å²) in [5.74, 6) is -1.37. The predicted molar refractivity (Wildman–Crippen MR) is 114 cm³/mol. The average Bonchev–Trinajstić information content (AvgIpc) is 2.97. The van der Waals surface area contributed by atoms with E-state index in [1.54, 1.807) is 0 Å². The first-order chi connectivity index (χ1) is 14.2. The summed E-state index contributed by atoms with van der Waals surface area (Å²) in [4.78, 5) is 12.0. The van der Waals surface area contributed by atoms with E-state index in [1.807, 2.05) is 17.7 Å². The molecule has 1 heterocycles. The molecule has 1 fully saturated rings. The number of aliphatic hydroxyl groups is 1. The van der Waals surface area contributed by atoms with Gasteiger partial charge in [-0.15, -0.1) is 0 Å². The summed E-state index contributed by atoms with van der Waals surface area (Å²) < 4.78 is 16.9. The van der Waals surface area contributed by atoms with Crippen LogP contribution in [0.1, 0.15) is 78.8 Å². The quantitative estimate of drug-likeness (QED) is 0.794. The summed E-state index contributed by atoms with van der Waals surface area (Å²) in [5, 5.41) is 15.1. The largest absolute Gasteiger partial charge is 0.393 e. The van der Waals surface area contributed by atoms with Crippen molar-refractivity contribution in [1.82, 2.24) is 9.78 Å². The van der Waals surface area contributed by atoms with Crippen molar-refractivity contribution in [2.45, 2.75) is 78.2 Å². The Bertz CT molecular complexity index is 979. The van der Waals surface area contributed by atoms with Gasteiger partial charge >= 0.3 is 0 Å². The second-order valence-corrected chi connectivity index (χ2v) is 9.91. The maximum atomic E-state index is 15.1. The Kier molecular flexibility index (Phi) is 5.47. The summed E-state index contributed by atoms with van der Waals surface area (Å²) in [6.07, 6.45) is 6.63. The third-order valence-corrected chi connectivity index (χ3v) is 6.99. The summed E-state index contributed by atoms with van der Waals surface area (Å²) in [7, 11) is 0. The fraction of sp³-hybridized carbons (Fsp3) is 0.583. The second kappa shape index (κ2) is 7.80. The number of hydrogen-bond acceptors (Lipinski definition) is 3. The number of carbonyl (C=O) groups excluding carboxylic acids is 1. The van der Waals surface area contributed by atoms with E-state index in [4.69, 9.17) is 10.8 Å². The number of fused-ring (bicyclic) bond motifs is 1. The zero-order chi connectivity index (χ0) is 21.6. The van der Waals surface area contributed by atoms with Crippen molar-refractivity contribution in [3.05, 3.63) is 46.0 Å². The molecule has 4 rings (SSSR count). The van der Waals surface area contributed by atoms with Gasteiger partial charge in [-0.05, 0) is 74.0 Å². The molecule has 0 unspecified atom stereocenters. The number of carbonyl (C=O) groups is 1. The van der Waals surface area contributed by atoms with Crippen LogP contribution in [0.2, 0.25) is 0 Å². The molecule has 162 valence electrons. The molecular formula is C24H32FN3O2. The van der Waals surface area contributed by atoms with E-state index in [-0.39, 0.29) is 16.9 Å². The molecule has 0 radical (unpaired) electrons. The van der Waals surface area contributed by atoms with Gasteiger partial charge in [-0.1, -0.05) is 26.7 Å². The van der Waals surface area contributed by atoms with Crippen LogP contribution >= 0.6 is 0 Å². The predicted octanol–water partition coefficient (Wildman–Crippen LogP) is 4.03. The normalized spacial score (nSPS) is 23.2. The lowest BCUT2D eigenvalue weighted by molar-refractivity contribution is 0.0696. The number of nitrogens with zero attached hydrogens (tertiary/aromatic N) is 2. The Morgan fingerprint density at radius 2 is 2.07 bits per heavy atom. The van der Waals surface area contributed by atoms with Crippen molar-refractivity contribution < 1.29 is 14.3 Å². The number of halogens is 1. The molecule has 5 nitrogen and oxygen atoms in total. The summed E-state index contributed by atoms with van der Waals surface area (Å²) >= 11 is 0. The van der Waals surface area contributed by atoms with Gasteiger partial charge in [0.25, 0.3) is 5.91 Å². The summed E-state index contributed by atoms with van der Waals surface area (Å²) in [6.45, 7) is 6.49. The molecule has 2 aliphatic carbocycles. The highest BCUT2D eigenvalue weighted by molar-refractivity contribution is 5.95. The minimum Gasteiger partial charge on any atom is -0.393 e. The zero-order valence-electron chi connectivity index (χ0n) is 18.2. The van der Waals surface area contributed by atoms with Crippen LogP contribution < -0.4 is 5.73 Å². The van der Waals surface area contributed by atoms with Crippen LogP contribution in [-0.4, -0.2) is 26.9 Å².